The Morgan fingerprint density at radius 1 is 1.14 bits per heavy atom. The highest BCUT2D eigenvalue weighted by Gasteiger charge is 2.10. The molecule has 1 aromatic carbocycles. The van der Waals surface area contributed by atoms with Crippen LogP contribution in [0.15, 0.2) is 18.2 Å². The first kappa shape index (κ1) is 10.2. The summed E-state index contributed by atoms with van der Waals surface area (Å²) in [7, 11) is 2.89. The minimum absolute atomic E-state index is 0.0771. The summed E-state index contributed by atoms with van der Waals surface area (Å²) in [4.78, 5) is 10.2. The standard InChI is InChI=1S/C9H9O5/c1-12-6-3-4-7(14-9(10)11)8(5-6)13-2/h3-5H,1-2H3. The Bertz CT molecular complexity index is 334. The maximum Gasteiger partial charge on any atom is 0.555 e. The summed E-state index contributed by atoms with van der Waals surface area (Å²) in [5, 5.41) is 10.2. The van der Waals surface area contributed by atoms with Crippen molar-refractivity contribution in [3.63, 3.8) is 0 Å². The van der Waals surface area contributed by atoms with Crippen molar-refractivity contribution < 1.29 is 24.1 Å². The molecule has 14 heavy (non-hydrogen) atoms. The molecule has 0 fully saturated rings. The highest BCUT2D eigenvalue weighted by atomic mass is 16.7. The zero-order valence-corrected chi connectivity index (χ0v) is 7.77. The Hall–Kier alpha value is -1.91. The first-order valence-corrected chi connectivity index (χ1v) is 3.78. The molecule has 1 radical (unpaired) electrons. The van der Waals surface area contributed by atoms with Crippen molar-refractivity contribution in [3.05, 3.63) is 18.2 Å². The molecule has 0 N–H and O–H groups in total. The number of rotatable bonds is 3. The molecule has 0 amide bonds. The Morgan fingerprint density at radius 3 is 2.36 bits per heavy atom. The fourth-order valence-corrected chi connectivity index (χ4v) is 0.949. The van der Waals surface area contributed by atoms with Gasteiger partial charge in [0.2, 0.25) is 0 Å². The second-order valence-corrected chi connectivity index (χ2v) is 2.37. The Labute approximate surface area is 80.8 Å². The zero-order valence-electron chi connectivity index (χ0n) is 7.77. The van der Waals surface area contributed by atoms with E-state index in [-0.39, 0.29) is 11.5 Å². The topological polar surface area (TPSA) is 64.7 Å². The largest absolute Gasteiger partial charge is 0.555 e. The summed E-state index contributed by atoms with van der Waals surface area (Å²) in [5.41, 5.74) is 0. The van der Waals surface area contributed by atoms with E-state index in [0.29, 0.717) is 5.75 Å². The molecule has 0 aliphatic carbocycles. The van der Waals surface area contributed by atoms with Gasteiger partial charge < -0.3 is 14.2 Å². The lowest BCUT2D eigenvalue weighted by molar-refractivity contribution is 0.116. The summed E-state index contributed by atoms with van der Waals surface area (Å²) in [5.74, 6) is 0.898. The second kappa shape index (κ2) is 4.36. The lowest BCUT2D eigenvalue weighted by atomic mass is 10.3. The van der Waals surface area contributed by atoms with Crippen LogP contribution >= 0.6 is 0 Å². The maximum absolute atomic E-state index is 10.2. The lowest BCUT2D eigenvalue weighted by Crippen LogP contribution is -2.02. The average Bonchev–Trinajstić information content (AvgIpc) is 2.17. The normalized spacial score (nSPS) is 9.29. The molecule has 5 heteroatoms. The fourth-order valence-electron chi connectivity index (χ4n) is 0.949. The summed E-state index contributed by atoms with van der Waals surface area (Å²) in [6, 6.07) is 4.49. The van der Waals surface area contributed by atoms with Crippen LogP contribution < -0.4 is 14.2 Å². The van der Waals surface area contributed by atoms with E-state index in [1.54, 1.807) is 6.07 Å². The van der Waals surface area contributed by atoms with Gasteiger partial charge in [0.05, 0.1) is 14.2 Å². The van der Waals surface area contributed by atoms with Gasteiger partial charge in [-0.1, -0.05) is 0 Å². The molecular formula is C9H9O5. The van der Waals surface area contributed by atoms with E-state index in [1.807, 2.05) is 0 Å². The van der Waals surface area contributed by atoms with Crippen LogP contribution in [0.2, 0.25) is 0 Å². The maximum atomic E-state index is 10.2. The third kappa shape index (κ3) is 2.29. The average molecular weight is 197 g/mol. The lowest BCUT2D eigenvalue weighted by Gasteiger charge is -2.07. The van der Waals surface area contributed by atoms with Gasteiger partial charge >= 0.3 is 6.16 Å². The number of benzene rings is 1. The molecule has 0 saturated carbocycles. The Morgan fingerprint density at radius 2 is 1.86 bits per heavy atom. The zero-order chi connectivity index (χ0) is 10.6. The van der Waals surface area contributed by atoms with Gasteiger partial charge in [-0.05, 0) is 12.1 Å². The molecule has 0 unspecified atom stereocenters. The van der Waals surface area contributed by atoms with Crippen LogP contribution in [0.25, 0.3) is 0 Å². The Balaban J connectivity index is 2.98. The number of hydrogen-bond donors (Lipinski definition) is 0. The number of hydrogen-bond acceptors (Lipinski definition) is 4. The van der Waals surface area contributed by atoms with Crippen molar-refractivity contribution >= 4 is 6.16 Å². The SMILES string of the molecule is COc1ccc(OC([O])=O)c(OC)c1. The van der Waals surface area contributed by atoms with Crippen LogP contribution in [0.1, 0.15) is 0 Å². The first-order chi connectivity index (χ1) is 6.67. The predicted octanol–water partition coefficient (Wildman–Crippen LogP) is 1.63. The summed E-state index contributed by atoms with van der Waals surface area (Å²) in [6.07, 6.45) is -1.63. The van der Waals surface area contributed by atoms with Crippen molar-refractivity contribution in [2.45, 2.75) is 0 Å². The molecule has 0 aliphatic rings. The van der Waals surface area contributed by atoms with Gasteiger partial charge in [-0.3, -0.25) is 0 Å². The number of methoxy groups -OCH3 is 2. The van der Waals surface area contributed by atoms with Gasteiger partial charge in [-0.2, -0.15) is 9.90 Å². The van der Waals surface area contributed by atoms with Crippen molar-refractivity contribution in [3.8, 4) is 17.2 Å². The molecule has 0 aliphatic heterocycles. The van der Waals surface area contributed by atoms with Gasteiger partial charge in [0, 0.05) is 6.07 Å². The highest BCUT2D eigenvalue weighted by Crippen LogP contribution is 2.31. The van der Waals surface area contributed by atoms with Crippen LogP contribution in [0.4, 0.5) is 4.79 Å². The van der Waals surface area contributed by atoms with E-state index < -0.39 is 6.16 Å². The van der Waals surface area contributed by atoms with E-state index in [2.05, 4.69) is 4.74 Å². The molecule has 1 aromatic rings. The molecule has 5 nitrogen and oxygen atoms in total. The molecule has 0 aromatic heterocycles. The van der Waals surface area contributed by atoms with E-state index in [1.165, 1.54) is 26.4 Å². The van der Waals surface area contributed by atoms with Crippen LogP contribution in [-0.4, -0.2) is 20.4 Å². The number of carbonyl (C=O) groups excluding carboxylic acids is 1. The molecule has 0 atom stereocenters. The monoisotopic (exact) mass is 197 g/mol. The van der Waals surface area contributed by atoms with Gasteiger partial charge in [0.15, 0.2) is 11.5 Å². The summed E-state index contributed by atoms with van der Waals surface area (Å²) >= 11 is 0. The third-order valence-corrected chi connectivity index (χ3v) is 1.56. The van der Waals surface area contributed by atoms with E-state index in [9.17, 15) is 9.90 Å². The molecule has 75 valence electrons. The van der Waals surface area contributed by atoms with Crippen LogP contribution in [0, 0.1) is 0 Å². The molecule has 1 rings (SSSR count). The number of carbonyl (C=O) groups is 1. The highest BCUT2D eigenvalue weighted by molar-refractivity contribution is 5.63. The molecule has 0 heterocycles. The van der Waals surface area contributed by atoms with E-state index in [4.69, 9.17) is 9.47 Å². The minimum atomic E-state index is -1.63. The molecule has 0 bridgehead atoms. The molecule has 0 spiro atoms. The molecule has 0 saturated heterocycles. The minimum Gasteiger partial charge on any atom is -0.497 e. The van der Waals surface area contributed by atoms with Crippen LogP contribution in [0.5, 0.6) is 17.2 Å². The predicted molar refractivity (Wildman–Crippen MR) is 46.3 cm³/mol. The number of ether oxygens (including phenoxy) is 3. The van der Waals surface area contributed by atoms with E-state index in [0.717, 1.165) is 0 Å². The van der Waals surface area contributed by atoms with Crippen molar-refractivity contribution in [2.75, 3.05) is 14.2 Å². The quantitative estimate of drug-likeness (QED) is 0.545. The van der Waals surface area contributed by atoms with Crippen molar-refractivity contribution in [1.82, 2.24) is 0 Å². The van der Waals surface area contributed by atoms with Gasteiger partial charge in [-0.15, -0.1) is 0 Å². The van der Waals surface area contributed by atoms with Crippen molar-refractivity contribution in [2.24, 2.45) is 0 Å². The fraction of sp³-hybridized carbons (Fsp3) is 0.222. The van der Waals surface area contributed by atoms with Gasteiger partial charge in [0.25, 0.3) is 0 Å². The van der Waals surface area contributed by atoms with Crippen LogP contribution in [0.3, 0.4) is 0 Å². The second-order valence-electron chi connectivity index (χ2n) is 2.37. The first-order valence-electron chi connectivity index (χ1n) is 3.78. The third-order valence-electron chi connectivity index (χ3n) is 1.56. The summed E-state index contributed by atoms with van der Waals surface area (Å²) in [6.45, 7) is 0. The van der Waals surface area contributed by atoms with Crippen LogP contribution in [-0.2, 0) is 5.11 Å². The molecular weight excluding hydrogens is 188 g/mol. The Kier molecular flexibility index (Phi) is 3.17. The van der Waals surface area contributed by atoms with Crippen molar-refractivity contribution in [1.29, 1.82) is 0 Å². The van der Waals surface area contributed by atoms with Gasteiger partial charge in [-0.25, -0.2) is 0 Å². The smallest absolute Gasteiger partial charge is 0.497 e. The van der Waals surface area contributed by atoms with Gasteiger partial charge in [0.1, 0.15) is 5.75 Å². The van der Waals surface area contributed by atoms with E-state index >= 15 is 0 Å². The summed E-state index contributed by atoms with van der Waals surface area (Å²) < 4.78 is 14.2.